The van der Waals surface area contributed by atoms with E-state index >= 15 is 0 Å². The lowest BCUT2D eigenvalue weighted by Gasteiger charge is -2.23. The second-order valence-electron chi connectivity index (χ2n) is 5.10. The number of rotatable bonds is 2. The molecule has 1 fully saturated rings. The van der Waals surface area contributed by atoms with Crippen LogP contribution in [0, 0.1) is 6.92 Å². The number of hydrogen-bond donors (Lipinski definition) is 2. The topological polar surface area (TPSA) is 37.0 Å². The number of ether oxygens (including phenoxy) is 1. The molecule has 18 heavy (non-hydrogen) atoms. The predicted octanol–water partition coefficient (Wildman–Crippen LogP) is 2.95. The average Bonchev–Trinajstić information content (AvgIpc) is 2.85. The number of aryl methyl sites for hydroxylation is 1. The molecule has 3 nitrogen and oxygen atoms in total. The lowest BCUT2D eigenvalue weighted by Crippen LogP contribution is -2.28. The van der Waals surface area contributed by atoms with Crippen LogP contribution in [0.5, 0.6) is 5.75 Å². The second kappa shape index (κ2) is 4.65. The van der Waals surface area contributed by atoms with Crippen LogP contribution in [0.1, 0.15) is 29.9 Å². The highest BCUT2D eigenvalue weighted by atomic mass is 16.5. The smallest absolute Gasteiger partial charge is 0.122 e. The van der Waals surface area contributed by atoms with Crippen LogP contribution < -0.4 is 10.1 Å². The Bertz CT molecular complexity index is 553. The van der Waals surface area contributed by atoms with Crippen molar-refractivity contribution >= 4 is 10.9 Å². The van der Waals surface area contributed by atoms with Crippen molar-refractivity contribution in [3.63, 3.8) is 0 Å². The van der Waals surface area contributed by atoms with Crippen LogP contribution in [-0.2, 0) is 0 Å². The van der Waals surface area contributed by atoms with Crippen molar-refractivity contribution in [1.29, 1.82) is 0 Å². The van der Waals surface area contributed by atoms with E-state index in [1.54, 1.807) is 7.11 Å². The maximum Gasteiger partial charge on any atom is 0.122 e. The van der Waals surface area contributed by atoms with Gasteiger partial charge in [-0.2, -0.15) is 0 Å². The van der Waals surface area contributed by atoms with E-state index in [0.29, 0.717) is 5.92 Å². The van der Waals surface area contributed by atoms with Crippen LogP contribution in [0.4, 0.5) is 0 Å². The van der Waals surface area contributed by atoms with Gasteiger partial charge in [-0.05, 0) is 49.9 Å². The van der Waals surface area contributed by atoms with Crippen LogP contribution in [-0.4, -0.2) is 25.2 Å². The van der Waals surface area contributed by atoms with E-state index in [-0.39, 0.29) is 0 Å². The fraction of sp³-hybridized carbons (Fsp3) is 0.467. The number of benzene rings is 1. The molecule has 2 heterocycles. The maximum absolute atomic E-state index is 5.44. The van der Waals surface area contributed by atoms with Gasteiger partial charge in [-0.15, -0.1) is 0 Å². The van der Waals surface area contributed by atoms with E-state index in [9.17, 15) is 0 Å². The zero-order valence-corrected chi connectivity index (χ0v) is 11.0. The van der Waals surface area contributed by atoms with Gasteiger partial charge in [-0.1, -0.05) is 0 Å². The molecule has 3 heteroatoms. The Morgan fingerprint density at radius 1 is 1.33 bits per heavy atom. The summed E-state index contributed by atoms with van der Waals surface area (Å²) in [4.78, 5) is 3.39. The Kier molecular flexibility index (Phi) is 3.00. The van der Waals surface area contributed by atoms with Crippen LogP contribution in [0.15, 0.2) is 18.3 Å². The Labute approximate surface area is 108 Å². The molecular weight excluding hydrogens is 224 g/mol. The standard InChI is InChI=1S/C15H20N2O/c1-10-14(18-2)6-5-13-15(10)12(9-17-13)11-4-3-7-16-8-11/h5-6,9,11,16-17H,3-4,7-8H2,1-2H3. The molecule has 96 valence electrons. The largest absolute Gasteiger partial charge is 0.496 e. The van der Waals surface area contributed by atoms with Gasteiger partial charge in [-0.3, -0.25) is 0 Å². The first-order valence-electron chi connectivity index (χ1n) is 6.66. The summed E-state index contributed by atoms with van der Waals surface area (Å²) in [6, 6.07) is 4.15. The van der Waals surface area contributed by atoms with E-state index in [4.69, 9.17) is 4.74 Å². The summed E-state index contributed by atoms with van der Waals surface area (Å²) < 4.78 is 5.44. The lowest BCUT2D eigenvalue weighted by atomic mass is 9.90. The van der Waals surface area contributed by atoms with Crippen molar-refractivity contribution in [2.24, 2.45) is 0 Å². The van der Waals surface area contributed by atoms with Gasteiger partial charge in [0.1, 0.15) is 5.75 Å². The molecular formula is C15H20N2O. The molecule has 1 unspecified atom stereocenters. The molecule has 3 rings (SSSR count). The first kappa shape index (κ1) is 11.6. The second-order valence-corrected chi connectivity index (χ2v) is 5.10. The van der Waals surface area contributed by atoms with Crippen molar-refractivity contribution in [2.45, 2.75) is 25.7 Å². The molecule has 0 aliphatic carbocycles. The van der Waals surface area contributed by atoms with Crippen molar-refractivity contribution in [1.82, 2.24) is 10.3 Å². The molecule has 0 spiro atoms. The van der Waals surface area contributed by atoms with Gasteiger partial charge < -0.3 is 15.0 Å². The quantitative estimate of drug-likeness (QED) is 0.852. The van der Waals surface area contributed by atoms with Crippen molar-refractivity contribution in [2.75, 3.05) is 20.2 Å². The summed E-state index contributed by atoms with van der Waals surface area (Å²) in [6.45, 7) is 4.39. The number of nitrogens with one attached hydrogen (secondary N) is 2. The van der Waals surface area contributed by atoms with Crippen molar-refractivity contribution < 1.29 is 4.74 Å². The van der Waals surface area contributed by atoms with Crippen molar-refractivity contribution in [3.05, 3.63) is 29.5 Å². The first-order chi connectivity index (χ1) is 8.81. The van der Waals surface area contributed by atoms with Crippen LogP contribution in [0.2, 0.25) is 0 Å². The summed E-state index contributed by atoms with van der Waals surface area (Å²) in [7, 11) is 1.74. The molecule has 1 aromatic heterocycles. The fourth-order valence-corrected chi connectivity index (χ4v) is 3.07. The third kappa shape index (κ3) is 1.79. The van der Waals surface area contributed by atoms with Crippen LogP contribution in [0.3, 0.4) is 0 Å². The number of hydrogen-bond acceptors (Lipinski definition) is 2. The first-order valence-corrected chi connectivity index (χ1v) is 6.66. The summed E-state index contributed by atoms with van der Waals surface area (Å²) in [5.41, 5.74) is 3.90. The predicted molar refractivity (Wildman–Crippen MR) is 74.4 cm³/mol. The van der Waals surface area contributed by atoms with Gasteiger partial charge in [0.25, 0.3) is 0 Å². The normalized spacial score (nSPS) is 20.2. The highest BCUT2D eigenvalue weighted by molar-refractivity contribution is 5.89. The molecule has 0 bridgehead atoms. The van der Waals surface area contributed by atoms with E-state index in [1.807, 2.05) is 6.07 Å². The SMILES string of the molecule is COc1ccc2[nH]cc(C3CCCNC3)c2c1C. The number of fused-ring (bicyclic) bond motifs is 1. The van der Waals surface area contributed by atoms with Crippen molar-refractivity contribution in [3.8, 4) is 5.75 Å². The minimum absolute atomic E-state index is 0.623. The summed E-state index contributed by atoms with van der Waals surface area (Å²) in [6.07, 6.45) is 4.71. The molecule has 0 saturated carbocycles. The lowest BCUT2D eigenvalue weighted by molar-refractivity contribution is 0.412. The summed E-state index contributed by atoms with van der Waals surface area (Å²) in [5, 5.41) is 4.84. The Hall–Kier alpha value is -1.48. The van der Waals surface area contributed by atoms with E-state index in [1.165, 1.54) is 34.9 Å². The van der Waals surface area contributed by atoms with Gasteiger partial charge in [0.2, 0.25) is 0 Å². The number of H-pyrrole nitrogens is 1. The molecule has 1 saturated heterocycles. The average molecular weight is 244 g/mol. The zero-order chi connectivity index (χ0) is 12.5. The summed E-state index contributed by atoms with van der Waals surface area (Å²) >= 11 is 0. The van der Waals surface area contributed by atoms with Gasteiger partial charge in [-0.25, -0.2) is 0 Å². The highest BCUT2D eigenvalue weighted by Gasteiger charge is 2.20. The van der Waals surface area contributed by atoms with Crippen LogP contribution in [0.25, 0.3) is 10.9 Å². The van der Waals surface area contributed by atoms with E-state index < -0.39 is 0 Å². The van der Waals surface area contributed by atoms with E-state index in [2.05, 4.69) is 29.5 Å². The number of piperidine rings is 1. The molecule has 1 aromatic carbocycles. The zero-order valence-electron chi connectivity index (χ0n) is 11.0. The minimum atomic E-state index is 0.623. The van der Waals surface area contributed by atoms with Gasteiger partial charge in [0.05, 0.1) is 7.11 Å². The van der Waals surface area contributed by atoms with Crippen LogP contribution >= 0.6 is 0 Å². The Morgan fingerprint density at radius 3 is 2.94 bits per heavy atom. The molecule has 0 radical (unpaired) electrons. The van der Waals surface area contributed by atoms with E-state index in [0.717, 1.165) is 18.8 Å². The molecule has 2 N–H and O–H groups in total. The summed E-state index contributed by atoms with van der Waals surface area (Å²) in [5.74, 6) is 1.60. The number of aromatic amines is 1. The Morgan fingerprint density at radius 2 is 2.22 bits per heavy atom. The third-order valence-corrected chi connectivity index (χ3v) is 4.04. The van der Waals surface area contributed by atoms with Gasteiger partial charge in [0, 0.05) is 29.2 Å². The fourth-order valence-electron chi connectivity index (χ4n) is 3.07. The molecule has 2 aromatic rings. The monoisotopic (exact) mass is 244 g/mol. The van der Waals surface area contributed by atoms with Gasteiger partial charge >= 0.3 is 0 Å². The molecule has 1 aliphatic heterocycles. The maximum atomic E-state index is 5.44. The number of methoxy groups -OCH3 is 1. The molecule has 0 amide bonds. The highest BCUT2D eigenvalue weighted by Crippen LogP contribution is 2.35. The number of aromatic nitrogens is 1. The molecule has 1 atom stereocenters. The molecule has 1 aliphatic rings. The van der Waals surface area contributed by atoms with Gasteiger partial charge in [0.15, 0.2) is 0 Å². The Balaban J connectivity index is 2.11. The third-order valence-electron chi connectivity index (χ3n) is 4.04. The minimum Gasteiger partial charge on any atom is -0.496 e.